The van der Waals surface area contributed by atoms with Gasteiger partial charge in [-0.2, -0.15) is 0 Å². The molecule has 0 spiro atoms. The topological polar surface area (TPSA) is 59.8 Å². The predicted octanol–water partition coefficient (Wildman–Crippen LogP) is 0.753. The first-order valence-corrected chi connectivity index (χ1v) is 7.41. The van der Waals surface area contributed by atoms with Crippen molar-refractivity contribution in [2.45, 2.75) is 12.5 Å². The normalized spacial score (nSPS) is 21.2. The first-order valence-electron chi connectivity index (χ1n) is 7.41. The van der Waals surface area contributed by atoms with Gasteiger partial charge in [-0.1, -0.05) is 6.07 Å². The number of hydrogen-bond donors (Lipinski definition) is 2. The lowest BCUT2D eigenvalue weighted by atomic mass is 10.1. The maximum absolute atomic E-state index is 6.34. The van der Waals surface area contributed by atoms with Gasteiger partial charge in [-0.15, -0.1) is 0 Å². The van der Waals surface area contributed by atoms with Crippen LogP contribution >= 0.6 is 0 Å². The summed E-state index contributed by atoms with van der Waals surface area (Å²) in [4.78, 5) is 2.41. The van der Waals surface area contributed by atoms with Crippen LogP contribution in [0.5, 0.6) is 11.5 Å². The smallest absolute Gasteiger partial charge is 0.161 e. The lowest BCUT2D eigenvalue weighted by molar-refractivity contribution is 0.228. The van der Waals surface area contributed by atoms with Crippen LogP contribution in [0.3, 0.4) is 0 Å². The highest BCUT2D eigenvalue weighted by Gasteiger charge is 2.17. The molecule has 0 amide bonds. The van der Waals surface area contributed by atoms with E-state index in [9.17, 15) is 0 Å². The van der Waals surface area contributed by atoms with Crippen LogP contribution in [-0.4, -0.2) is 50.8 Å². The van der Waals surface area contributed by atoms with E-state index in [0.717, 1.165) is 62.8 Å². The van der Waals surface area contributed by atoms with E-state index in [2.05, 4.69) is 16.3 Å². The number of nitrogens with one attached hydrogen (secondary N) is 1. The van der Waals surface area contributed by atoms with Gasteiger partial charge in [-0.3, -0.25) is 4.90 Å². The molecule has 5 heteroatoms. The largest absolute Gasteiger partial charge is 0.490 e. The quantitative estimate of drug-likeness (QED) is 0.854. The van der Waals surface area contributed by atoms with Gasteiger partial charge in [0.2, 0.25) is 0 Å². The molecule has 3 N–H and O–H groups in total. The summed E-state index contributed by atoms with van der Waals surface area (Å²) in [6, 6.07) is 6.09. The van der Waals surface area contributed by atoms with Crippen molar-refractivity contribution in [2.24, 2.45) is 5.73 Å². The van der Waals surface area contributed by atoms with Crippen molar-refractivity contribution in [3.8, 4) is 11.5 Å². The van der Waals surface area contributed by atoms with E-state index in [0.29, 0.717) is 6.61 Å². The van der Waals surface area contributed by atoms with E-state index >= 15 is 0 Å². The van der Waals surface area contributed by atoms with Crippen molar-refractivity contribution in [1.29, 1.82) is 0 Å². The molecule has 2 aliphatic heterocycles. The maximum atomic E-state index is 6.34. The zero-order valence-corrected chi connectivity index (χ0v) is 11.8. The number of rotatable bonds is 3. The fraction of sp³-hybridized carbons (Fsp3) is 0.600. The molecule has 0 aliphatic carbocycles. The average molecular weight is 277 g/mol. The van der Waals surface area contributed by atoms with Gasteiger partial charge in [0.05, 0.1) is 13.2 Å². The number of ether oxygens (including phenoxy) is 2. The summed E-state index contributed by atoms with van der Waals surface area (Å²) >= 11 is 0. The second-order valence-corrected chi connectivity index (χ2v) is 5.41. The molecular weight excluding hydrogens is 254 g/mol. The Labute approximate surface area is 120 Å². The zero-order chi connectivity index (χ0) is 13.8. The van der Waals surface area contributed by atoms with E-state index in [1.54, 1.807) is 0 Å². The van der Waals surface area contributed by atoms with Crippen molar-refractivity contribution >= 4 is 0 Å². The molecule has 5 nitrogen and oxygen atoms in total. The molecule has 20 heavy (non-hydrogen) atoms. The number of hydrogen-bond acceptors (Lipinski definition) is 5. The predicted molar refractivity (Wildman–Crippen MR) is 78.3 cm³/mol. The Morgan fingerprint density at radius 2 is 1.90 bits per heavy atom. The third-order valence-corrected chi connectivity index (χ3v) is 3.86. The molecule has 1 unspecified atom stereocenters. The fourth-order valence-corrected chi connectivity index (χ4v) is 2.69. The van der Waals surface area contributed by atoms with Crippen molar-refractivity contribution in [3.63, 3.8) is 0 Å². The minimum absolute atomic E-state index is 0.0188. The molecule has 2 aliphatic rings. The van der Waals surface area contributed by atoms with Gasteiger partial charge in [-0.05, 0) is 17.7 Å². The highest BCUT2D eigenvalue weighted by atomic mass is 16.5. The lowest BCUT2D eigenvalue weighted by Gasteiger charge is -2.29. The maximum Gasteiger partial charge on any atom is 0.161 e. The Morgan fingerprint density at radius 1 is 1.15 bits per heavy atom. The summed E-state index contributed by atoms with van der Waals surface area (Å²) in [7, 11) is 0. The summed E-state index contributed by atoms with van der Waals surface area (Å²) in [5.74, 6) is 1.66. The lowest BCUT2D eigenvalue weighted by Crippen LogP contribution is -2.45. The molecule has 1 aromatic carbocycles. The Kier molecular flexibility index (Phi) is 4.40. The summed E-state index contributed by atoms with van der Waals surface area (Å²) < 4.78 is 11.4. The first-order chi connectivity index (χ1) is 9.83. The van der Waals surface area contributed by atoms with Crippen molar-refractivity contribution in [2.75, 3.05) is 45.9 Å². The third kappa shape index (κ3) is 3.23. The Morgan fingerprint density at radius 3 is 2.70 bits per heavy atom. The van der Waals surface area contributed by atoms with Crippen LogP contribution in [0.1, 0.15) is 18.0 Å². The van der Waals surface area contributed by atoms with Gasteiger partial charge >= 0.3 is 0 Å². The second-order valence-electron chi connectivity index (χ2n) is 5.41. The molecule has 0 aromatic heterocycles. The van der Waals surface area contributed by atoms with Crippen LogP contribution in [0.25, 0.3) is 0 Å². The number of benzene rings is 1. The third-order valence-electron chi connectivity index (χ3n) is 3.86. The average Bonchev–Trinajstić information content (AvgIpc) is 2.72. The van der Waals surface area contributed by atoms with Gasteiger partial charge in [0.1, 0.15) is 0 Å². The zero-order valence-electron chi connectivity index (χ0n) is 11.8. The van der Waals surface area contributed by atoms with Crippen LogP contribution in [0.15, 0.2) is 18.2 Å². The minimum atomic E-state index is 0.0188. The molecule has 110 valence electrons. The van der Waals surface area contributed by atoms with Crippen LogP contribution < -0.4 is 20.5 Å². The number of nitrogens with zero attached hydrogens (tertiary/aromatic N) is 1. The van der Waals surface area contributed by atoms with E-state index in [1.807, 2.05) is 12.1 Å². The Hall–Kier alpha value is -1.30. The first kappa shape index (κ1) is 13.7. The van der Waals surface area contributed by atoms with E-state index in [-0.39, 0.29) is 6.04 Å². The summed E-state index contributed by atoms with van der Waals surface area (Å²) in [6.45, 7) is 6.56. The van der Waals surface area contributed by atoms with E-state index in [4.69, 9.17) is 15.2 Å². The van der Waals surface area contributed by atoms with Crippen LogP contribution in [-0.2, 0) is 0 Å². The molecule has 1 atom stereocenters. The number of nitrogens with two attached hydrogens (primary N) is 1. The van der Waals surface area contributed by atoms with E-state index < -0.39 is 0 Å². The monoisotopic (exact) mass is 277 g/mol. The highest BCUT2D eigenvalue weighted by molar-refractivity contribution is 5.44. The Bertz CT molecular complexity index is 447. The highest BCUT2D eigenvalue weighted by Crippen LogP contribution is 2.32. The summed E-state index contributed by atoms with van der Waals surface area (Å²) in [5.41, 5.74) is 7.46. The van der Waals surface area contributed by atoms with Gasteiger partial charge in [0.25, 0.3) is 0 Å². The molecular formula is C15H23N3O2. The van der Waals surface area contributed by atoms with Crippen molar-refractivity contribution < 1.29 is 9.47 Å². The van der Waals surface area contributed by atoms with Crippen LogP contribution in [0, 0.1) is 0 Å². The number of piperazine rings is 1. The number of fused-ring (bicyclic) bond motifs is 1. The van der Waals surface area contributed by atoms with Crippen LogP contribution in [0.2, 0.25) is 0 Å². The Balaban J connectivity index is 1.67. The van der Waals surface area contributed by atoms with E-state index in [1.165, 1.54) is 0 Å². The summed E-state index contributed by atoms with van der Waals surface area (Å²) in [5, 5.41) is 3.36. The molecule has 2 heterocycles. The van der Waals surface area contributed by atoms with Crippen molar-refractivity contribution in [1.82, 2.24) is 10.2 Å². The standard InChI is InChI=1S/C15H23N3O2/c16-13(11-18-6-4-17-5-7-18)12-2-3-14-15(10-12)20-9-1-8-19-14/h2-3,10,13,17H,1,4-9,11,16H2. The van der Waals surface area contributed by atoms with Gasteiger partial charge in [0, 0.05) is 45.2 Å². The molecule has 1 saturated heterocycles. The van der Waals surface area contributed by atoms with Crippen molar-refractivity contribution in [3.05, 3.63) is 23.8 Å². The molecule has 1 fully saturated rings. The molecule has 0 bridgehead atoms. The van der Waals surface area contributed by atoms with Gasteiger partial charge in [-0.25, -0.2) is 0 Å². The SMILES string of the molecule is NC(CN1CCNCC1)c1ccc2c(c1)OCCCO2. The molecule has 1 aromatic rings. The molecule has 3 rings (SSSR count). The second kappa shape index (κ2) is 6.43. The fourth-order valence-electron chi connectivity index (χ4n) is 2.69. The minimum Gasteiger partial charge on any atom is -0.490 e. The van der Waals surface area contributed by atoms with Crippen LogP contribution in [0.4, 0.5) is 0 Å². The van der Waals surface area contributed by atoms with Gasteiger partial charge < -0.3 is 20.5 Å². The molecule has 0 radical (unpaired) electrons. The summed E-state index contributed by atoms with van der Waals surface area (Å²) in [6.07, 6.45) is 0.927. The van der Waals surface area contributed by atoms with Gasteiger partial charge in [0.15, 0.2) is 11.5 Å². The molecule has 0 saturated carbocycles.